The average Bonchev–Trinajstić information content (AvgIpc) is 2.99. The first-order valence-electron chi connectivity index (χ1n) is 7.04. The van der Waals surface area contributed by atoms with Gasteiger partial charge in [0.25, 0.3) is 0 Å². The first kappa shape index (κ1) is 13.9. The van der Waals surface area contributed by atoms with Gasteiger partial charge in [-0.3, -0.25) is 0 Å². The van der Waals surface area contributed by atoms with Crippen molar-refractivity contribution in [3.05, 3.63) is 41.5 Å². The predicted molar refractivity (Wildman–Crippen MR) is 76.1 cm³/mol. The number of aromatic nitrogens is 2. The van der Waals surface area contributed by atoms with Crippen molar-refractivity contribution in [2.75, 3.05) is 6.54 Å². The van der Waals surface area contributed by atoms with Crippen LogP contribution in [0.2, 0.25) is 0 Å². The summed E-state index contributed by atoms with van der Waals surface area (Å²) in [6, 6.07) is 4.62. The van der Waals surface area contributed by atoms with Crippen LogP contribution in [0.3, 0.4) is 0 Å². The molecule has 0 amide bonds. The molecule has 0 aliphatic rings. The molecule has 4 nitrogen and oxygen atoms in total. The molecule has 0 radical (unpaired) electrons. The van der Waals surface area contributed by atoms with E-state index in [2.05, 4.69) is 47.3 Å². The third-order valence-electron chi connectivity index (χ3n) is 3.22. The highest BCUT2D eigenvalue weighted by Crippen LogP contribution is 2.19. The lowest BCUT2D eigenvalue weighted by Crippen LogP contribution is -2.20. The Balaban J connectivity index is 2.04. The second kappa shape index (κ2) is 6.57. The summed E-state index contributed by atoms with van der Waals surface area (Å²) in [4.78, 5) is 0. The quantitative estimate of drug-likeness (QED) is 0.831. The maximum atomic E-state index is 5.09. The lowest BCUT2D eigenvalue weighted by atomic mass is 10.1. The zero-order chi connectivity index (χ0) is 13.7. The van der Waals surface area contributed by atoms with Crippen molar-refractivity contribution in [3.8, 4) is 0 Å². The molecule has 0 saturated heterocycles. The Hall–Kier alpha value is -1.55. The number of rotatable bonds is 7. The van der Waals surface area contributed by atoms with Crippen LogP contribution in [0.5, 0.6) is 0 Å². The molecule has 0 saturated carbocycles. The highest BCUT2D eigenvalue weighted by atomic mass is 16.5. The smallest absolute Gasteiger partial charge is 0.133 e. The van der Waals surface area contributed by atoms with Crippen LogP contribution < -0.4 is 5.32 Å². The van der Waals surface area contributed by atoms with E-state index in [4.69, 9.17) is 4.52 Å². The molecule has 0 aliphatic heterocycles. The van der Waals surface area contributed by atoms with E-state index < -0.39 is 0 Å². The van der Waals surface area contributed by atoms with Gasteiger partial charge in [0.05, 0.1) is 6.54 Å². The first-order valence-corrected chi connectivity index (χ1v) is 7.04. The first-order chi connectivity index (χ1) is 9.22. The molecule has 0 aromatic carbocycles. The minimum atomic E-state index is 0.454. The fourth-order valence-electron chi connectivity index (χ4n) is 2.37. The lowest BCUT2D eigenvalue weighted by Gasteiger charge is -2.15. The van der Waals surface area contributed by atoms with Crippen molar-refractivity contribution < 1.29 is 4.52 Å². The predicted octanol–water partition coefficient (Wildman–Crippen LogP) is 3.28. The second-order valence-electron chi connectivity index (χ2n) is 4.95. The molecule has 1 atom stereocenters. The summed E-state index contributed by atoms with van der Waals surface area (Å²) in [5, 5.41) is 7.56. The van der Waals surface area contributed by atoms with E-state index in [0.29, 0.717) is 6.04 Å². The van der Waals surface area contributed by atoms with Gasteiger partial charge in [0, 0.05) is 24.5 Å². The molecule has 0 aliphatic carbocycles. The number of hydrogen-bond donors (Lipinski definition) is 1. The number of aryl methyl sites for hydroxylation is 1. The average molecular weight is 261 g/mol. The third-order valence-corrected chi connectivity index (χ3v) is 3.22. The van der Waals surface area contributed by atoms with Gasteiger partial charge in [-0.05, 0) is 31.5 Å². The highest BCUT2D eigenvalue weighted by Gasteiger charge is 2.11. The molecule has 2 rings (SSSR count). The van der Waals surface area contributed by atoms with E-state index in [1.54, 1.807) is 0 Å². The Labute approximate surface area is 114 Å². The molecule has 1 unspecified atom stereocenters. The van der Waals surface area contributed by atoms with Gasteiger partial charge >= 0.3 is 0 Å². The zero-order valence-corrected chi connectivity index (χ0v) is 12.0. The van der Waals surface area contributed by atoms with Crippen molar-refractivity contribution in [2.45, 2.75) is 46.2 Å². The Morgan fingerprint density at radius 2 is 2.26 bits per heavy atom. The van der Waals surface area contributed by atoms with Gasteiger partial charge in [-0.1, -0.05) is 25.4 Å². The van der Waals surface area contributed by atoms with E-state index in [9.17, 15) is 0 Å². The minimum absolute atomic E-state index is 0.454. The van der Waals surface area contributed by atoms with Crippen LogP contribution in [0.4, 0.5) is 0 Å². The topological polar surface area (TPSA) is 43.0 Å². The van der Waals surface area contributed by atoms with E-state index in [-0.39, 0.29) is 0 Å². The molecule has 104 valence electrons. The highest BCUT2D eigenvalue weighted by molar-refractivity contribution is 5.17. The van der Waals surface area contributed by atoms with Gasteiger partial charge < -0.3 is 14.4 Å². The lowest BCUT2D eigenvalue weighted by molar-refractivity contribution is 0.389. The van der Waals surface area contributed by atoms with Gasteiger partial charge in [0.15, 0.2) is 0 Å². The monoisotopic (exact) mass is 261 g/mol. The van der Waals surface area contributed by atoms with Crippen LogP contribution >= 0.6 is 0 Å². The Kier molecular flexibility index (Phi) is 4.80. The molecular formula is C15H23N3O. The van der Waals surface area contributed by atoms with Gasteiger partial charge in [-0.2, -0.15) is 0 Å². The summed E-state index contributed by atoms with van der Waals surface area (Å²) >= 11 is 0. The molecule has 2 aromatic rings. The fourth-order valence-corrected chi connectivity index (χ4v) is 2.37. The van der Waals surface area contributed by atoms with Crippen molar-refractivity contribution in [1.29, 1.82) is 0 Å². The van der Waals surface area contributed by atoms with E-state index in [0.717, 1.165) is 24.5 Å². The standard InChI is InChI=1S/C15H23N3O/c1-4-6-15(16-5-2)13-7-8-18(10-13)11-14-9-12(3)19-17-14/h7-10,15-16H,4-6,11H2,1-3H3. The second-order valence-corrected chi connectivity index (χ2v) is 4.95. The maximum Gasteiger partial charge on any atom is 0.133 e. The van der Waals surface area contributed by atoms with E-state index >= 15 is 0 Å². The van der Waals surface area contributed by atoms with Crippen LogP contribution in [0.1, 0.15) is 49.7 Å². The fraction of sp³-hybridized carbons (Fsp3) is 0.533. The number of nitrogens with zero attached hydrogens (tertiary/aromatic N) is 2. The SMILES string of the molecule is CCCC(NCC)c1ccn(Cc2cc(C)on2)c1. The summed E-state index contributed by atoms with van der Waals surface area (Å²) in [5.41, 5.74) is 2.32. The van der Waals surface area contributed by atoms with E-state index in [1.165, 1.54) is 18.4 Å². The van der Waals surface area contributed by atoms with Gasteiger partial charge in [-0.15, -0.1) is 0 Å². The normalized spacial score (nSPS) is 12.8. The van der Waals surface area contributed by atoms with Crippen molar-refractivity contribution in [3.63, 3.8) is 0 Å². The minimum Gasteiger partial charge on any atom is -0.361 e. The molecule has 2 heterocycles. The molecule has 19 heavy (non-hydrogen) atoms. The van der Waals surface area contributed by atoms with Crippen LogP contribution in [0, 0.1) is 6.92 Å². The van der Waals surface area contributed by atoms with Crippen LogP contribution in [-0.4, -0.2) is 16.3 Å². The largest absolute Gasteiger partial charge is 0.361 e. The number of nitrogens with one attached hydrogen (secondary N) is 1. The summed E-state index contributed by atoms with van der Waals surface area (Å²) in [5.74, 6) is 0.860. The van der Waals surface area contributed by atoms with Gasteiger partial charge in [-0.25, -0.2) is 0 Å². The molecule has 0 fully saturated rings. The summed E-state index contributed by atoms with van der Waals surface area (Å²) in [6.07, 6.45) is 6.67. The number of hydrogen-bond acceptors (Lipinski definition) is 3. The summed E-state index contributed by atoms with van der Waals surface area (Å²) in [7, 11) is 0. The van der Waals surface area contributed by atoms with Crippen LogP contribution in [0.25, 0.3) is 0 Å². The Bertz CT molecular complexity index is 495. The van der Waals surface area contributed by atoms with E-state index in [1.807, 2.05) is 13.0 Å². The zero-order valence-electron chi connectivity index (χ0n) is 12.0. The molecular weight excluding hydrogens is 238 g/mol. The molecule has 0 spiro atoms. The van der Waals surface area contributed by atoms with Crippen molar-refractivity contribution in [2.24, 2.45) is 0 Å². The maximum absolute atomic E-state index is 5.09. The third kappa shape index (κ3) is 3.70. The molecule has 4 heteroatoms. The Morgan fingerprint density at radius 1 is 1.42 bits per heavy atom. The molecule has 2 aromatic heterocycles. The van der Waals surface area contributed by atoms with Crippen molar-refractivity contribution >= 4 is 0 Å². The van der Waals surface area contributed by atoms with Gasteiger partial charge in [0.2, 0.25) is 0 Å². The molecule has 1 N–H and O–H groups in total. The van der Waals surface area contributed by atoms with Crippen LogP contribution in [0.15, 0.2) is 29.0 Å². The molecule has 0 bridgehead atoms. The van der Waals surface area contributed by atoms with Crippen molar-refractivity contribution in [1.82, 2.24) is 15.0 Å². The van der Waals surface area contributed by atoms with Gasteiger partial charge in [0.1, 0.15) is 11.5 Å². The summed E-state index contributed by atoms with van der Waals surface area (Å²) < 4.78 is 7.25. The summed E-state index contributed by atoms with van der Waals surface area (Å²) in [6.45, 7) is 8.05. The van der Waals surface area contributed by atoms with Crippen LogP contribution in [-0.2, 0) is 6.54 Å². The Morgan fingerprint density at radius 3 is 2.89 bits per heavy atom.